The Morgan fingerprint density at radius 3 is 2.48 bits per heavy atom. The van der Waals surface area contributed by atoms with Crippen molar-refractivity contribution < 1.29 is 18.0 Å². The Bertz CT molecular complexity index is 882. The highest BCUT2D eigenvalue weighted by molar-refractivity contribution is 5.95. The second-order valence-electron chi connectivity index (χ2n) is 7.26. The van der Waals surface area contributed by atoms with E-state index in [9.17, 15) is 18.0 Å². The lowest BCUT2D eigenvalue weighted by atomic mass is 10.0. The Kier molecular flexibility index (Phi) is 6.51. The quantitative estimate of drug-likeness (QED) is 0.674. The van der Waals surface area contributed by atoms with Crippen LogP contribution in [0.5, 0.6) is 0 Å². The minimum absolute atomic E-state index is 0. The third-order valence-corrected chi connectivity index (χ3v) is 5.48. The summed E-state index contributed by atoms with van der Waals surface area (Å²) >= 11 is 0. The van der Waals surface area contributed by atoms with Crippen LogP contribution in [0.15, 0.2) is 42.5 Å². The van der Waals surface area contributed by atoms with Crippen molar-refractivity contribution in [1.82, 2.24) is 15.5 Å². The van der Waals surface area contributed by atoms with E-state index in [1.165, 1.54) is 10.5 Å². The standard InChI is InChI=1S/C21H22F3N3O.ClH/c22-21(23,24)19(27-9-7-25-8-10-27)13-26-20(28)15-5-6-18-16(12-15)11-14-3-1-2-4-17(14)18;/h1-6,12,19,25H,7-11,13H2,(H,26,28);1H. The fourth-order valence-electron chi connectivity index (χ4n) is 4.02. The topological polar surface area (TPSA) is 44.4 Å². The van der Waals surface area contributed by atoms with Crippen molar-refractivity contribution >= 4 is 18.3 Å². The molecule has 2 N–H and O–H groups in total. The van der Waals surface area contributed by atoms with Crippen molar-refractivity contribution in [1.29, 1.82) is 0 Å². The molecule has 0 bridgehead atoms. The van der Waals surface area contributed by atoms with Gasteiger partial charge in [-0.3, -0.25) is 9.69 Å². The molecule has 0 saturated carbocycles. The summed E-state index contributed by atoms with van der Waals surface area (Å²) in [5, 5.41) is 5.54. The van der Waals surface area contributed by atoms with Gasteiger partial charge in [0.05, 0.1) is 0 Å². The first kappa shape index (κ1) is 21.6. The second kappa shape index (κ2) is 8.73. The van der Waals surface area contributed by atoms with Crippen LogP contribution in [0.4, 0.5) is 13.2 Å². The van der Waals surface area contributed by atoms with E-state index in [0.29, 0.717) is 31.7 Å². The number of fused-ring (bicyclic) bond motifs is 3. The van der Waals surface area contributed by atoms with Crippen molar-refractivity contribution in [2.45, 2.75) is 18.6 Å². The van der Waals surface area contributed by atoms with Crippen LogP contribution < -0.4 is 10.6 Å². The molecule has 2 aliphatic rings. The number of carbonyl (C=O) groups excluding carboxylic acids is 1. The summed E-state index contributed by atoms with van der Waals surface area (Å²) in [6, 6.07) is 11.7. The van der Waals surface area contributed by atoms with Crippen LogP contribution in [0.25, 0.3) is 11.1 Å². The second-order valence-corrected chi connectivity index (χ2v) is 7.26. The minimum Gasteiger partial charge on any atom is -0.350 e. The van der Waals surface area contributed by atoms with E-state index < -0.39 is 24.7 Å². The number of benzene rings is 2. The Morgan fingerprint density at radius 2 is 1.76 bits per heavy atom. The fraction of sp³-hybridized carbons (Fsp3) is 0.381. The third kappa shape index (κ3) is 4.57. The fourth-order valence-corrected chi connectivity index (χ4v) is 4.02. The van der Waals surface area contributed by atoms with Crippen molar-refractivity contribution in [3.05, 3.63) is 59.2 Å². The summed E-state index contributed by atoms with van der Waals surface area (Å²) < 4.78 is 40.4. The molecular weight excluding hydrogens is 403 g/mol. The van der Waals surface area contributed by atoms with Crippen LogP contribution in [0.1, 0.15) is 21.5 Å². The van der Waals surface area contributed by atoms with Crippen LogP contribution in [0.3, 0.4) is 0 Å². The largest absolute Gasteiger partial charge is 0.405 e. The average molecular weight is 426 g/mol. The molecule has 1 atom stereocenters. The van der Waals surface area contributed by atoms with E-state index in [1.54, 1.807) is 12.1 Å². The Hall–Kier alpha value is -2.09. The summed E-state index contributed by atoms with van der Waals surface area (Å²) in [4.78, 5) is 13.9. The van der Waals surface area contributed by atoms with Crippen molar-refractivity contribution in [3.63, 3.8) is 0 Å². The predicted octanol–water partition coefficient (Wildman–Crippen LogP) is 3.25. The van der Waals surface area contributed by atoms with Gasteiger partial charge < -0.3 is 10.6 Å². The zero-order valence-corrected chi connectivity index (χ0v) is 16.6. The molecule has 0 aromatic heterocycles. The molecule has 1 fully saturated rings. The number of alkyl halides is 3. The zero-order chi connectivity index (χ0) is 19.7. The molecule has 1 heterocycles. The molecule has 1 unspecified atom stereocenters. The summed E-state index contributed by atoms with van der Waals surface area (Å²) in [6.07, 6.45) is -3.65. The highest BCUT2D eigenvalue weighted by atomic mass is 35.5. The van der Waals surface area contributed by atoms with Crippen LogP contribution >= 0.6 is 12.4 Å². The van der Waals surface area contributed by atoms with Gasteiger partial charge in [-0.25, -0.2) is 0 Å². The Balaban J connectivity index is 0.00000240. The lowest BCUT2D eigenvalue weighted by molar-refractivity contribution is -0.183. The molecule has 4 nitrogen and oxygen atoms in total. The maximum absolute atomic E-state index is 13.5. The van der Waals surface area contributed by atoms with E-state index in [2.05, 4.69) is 16.7 Å². The Morgan fingerprint density at radius 1 is 1.07 bits per heavy atom. The molecule has 29 heavy (non-hydrogen) atoms. The average Bonchev–Trinajstić information content (AvgIpc) is 3.05. The van der Waals surface area contributed by atoms with E-state index in [4.69, 9.17) is 0 Å². The van der Waals surface area contributed by atoms with Crippen LogP contribution in [-0.4, -0.2) is 55.7 Å². The van der Waals surface area contributed by atoms with Gasteiger partial charge >= 0.3 is 6.18 Å². The van der Waals surface area contributed by atoms with Gasteiger partial charge in [0.1, 0.15) is 6.04 Å². The first-order chi connectivity index (χ1) is 13.4. The minimum atomic E-state index is -4.38. The van der Waals surface area contributed by atoms with Gasteiger partial charge in [0.2, 0.25) is 0 Å². The van der Waals surface area contributed by atoms with Crippen LogP contribution in [-0.2, 0) is 6.42 Å². The van der Waals surface area contributed by atoms with Crippen LogP contribution in [0, 0.1) is 0 Å². The molecule has 1 aliphatic carbocycles. The van der Waals surface area contributed by atoms with E-state index in [1.807, 2.05) is 24.3 Å². The predicted molar refractivity (Wildman–Crippen MR) is 109 cm³/mol. The molecule has 0 spiro atoms. The highest BCUT2D eigenvalue weighted by Gasteiger charge is 2.43. The van der Waals surface area contributed by atoms with Crippen molar-refractivity contribution in [3.8, 4) is 11.1 Å². The van der Waals surface area contributed by atoms with Crippen molar-refractivity contribution in [2.24, 2.45) is 0 Å². The zero-order valence-electron chi connectivity index (χ0n) is 15.8. The summed E-state index contributed by atoms with van der Waals surface area (Å²) in [5.74, 6) is -0.469. The van der Waals surface area contributed by atoms with Gasteiger partial charge in [0, 0.05) is 38.3 Å². The van der Waals surface area contributed by atoms with E-state index in [-0.39, 0.29) is 12.4 Å². The number of halogens is 4. The molecule has 8 heteroatoms. The van der Waals surface area contributed by atoms with E-state index >= 15 is 0 Å². The maximum Gasteiger partial charge on any atom is 0.405 e. The first-order valence-corrected chi connectivity index (χ1v) is 9.44. The lowest BCUT2D eigenvalue weighted by Crippen LogP contribution is -2.57. The molecule has 1 saturated heterocycles. The number of piperazine rings is 1. The number of amides is 1. The Labute approximate surface area is 173 Å². The normalized spacial score (nSPS) is 17.1. The number of rotatable bonds is 4. The first-order valence-electron chi connectivity index (χ1n) is 9.44. The van der Waals surface area contributed by atoms with Gasteiger partial charge in [-0.15, -0.1) is 12.4 Å². The maximum atomic E-state index is 13.5. The third-order valence-electron chi connectivity index (χ3n) is 5.48. The molecule has 2 aromatic carbocycles. The summed E-state index contributed by atoms with van der Waals surface area (Å²) in [7, 11) is 0. The van der Waals surface area contributed by atoms with E-state index in [0.717, 1.165) is 23.1 Å². The SMILES string of the molecule is Cl.O=C(NCC(N1CCNCC1)C(F)(F)F)c1ccc2c(c1)Cc1ccccc1-2. The van der Waals surface area contributed by atoms with Crippen LogP contribution in [0.2, 0.25) is 0 Å². The molecule has 0 radical (unpaired) electrons. The number of carbonyl (C=O) groups is 1. The monoisotopic (exact) mass is 425 g/mol. The smallest absolute Gasteiger partial charge is 0.350 e. The van der Waals surface area contributed by atoms with Gasteiger partial charge in [0.15, 0.2) is 0 Å². The molecule has 1 amide bonds. The van der Waals surface area contributed by atoms with Gasteiger partial charge in [-0.05, 0) is 40.8 Å². The molecule has 2 aromatic rings. The summed E-state index contributed by atoms with van der Waals surface area (Å²) in [5.41, 5.74) is 4.86. The van der Waals surface area contributed by atoms with Crippen molar-refractivity contribution in [2.75, 3.05) is 32.7 Å². The lowest BCUT2D eigenvalue weighted by Gasteiger charge is -2.35. The van der Waals surface area contributed by atoms with Gasteiger partial charge in [-0.2, -0.15) is 13.2 Å². The van der Waals surface area contributed by atoms with Gasteiger partial charge in [0.25, 0.3) is 5.91 Å². The number of hydrogen-bond donors (Lipinski definition) is 2. The molecule has 4 rings (SSSR count). The molecule has 156 valence electrons. The molecular formula is C21H23ClF3N3O. The number of nitrogens with zero attached hydrogens (tertiary/aromatic N) is 1. The highest BCUT2D eigenvalue weighted by Crippen LogP contribution is 2.36. The molecule has 1 aliphatic heterocycles. The number of nitrogens with one attached hydrogen (secondary N) is 2. The summed E-state index contributed by atoms with van der Waals surface area (Å²) in [6.45, 7) is 1.23. The van der Waals surface area contributed by atoms with Gasteiger partial charge in [-0.1, -0.05) is 30.3 Å². The number of hydrogen-bond acceptors (Lipinski definition) is 3.